The average molecular weight is 397 g/mol. The highest BCUT2D eigenvalue weighted by Crippen LogP contribution is 2.51. The Labute approximate surface area is 174 Å². The monoisotopic (exact) mass is 396 g/mol. The number of benzene rings is 1. The van der Waals surface area contributed by atoms with Crippen molar-refractivity contribution in [3.05, 3.63) is 41.5 Å². The zero-order valence-corrected chi connectivity index (χ0v) is 17.7. The molecule has 2 aliphatic rings. The summed E-state index contributed by atoms with van der Waals surface area (Å²) in [6, 6.07) is 6.37. The van der Waals surface area contributed by atoms with Crippen LogP contribution in [0.1, 0.15) is 63.0 Å². The van der Waals surface area contributed by atoms with Crippen LogP contribution >= 0.6 is 0 Å². The molecule has 1 aromatic rings. The lowest BCUT2D eigenvalue weighted by Gasteiger charge is -2.17. The zero-order valence-electron chi connectivity index (χ0n) is 17.7. The first-order chi connectivity index (χ1) is 14.0. The van der Waals surface area contributed by atoms with Crippen LogP contribution in [-0.2, 0) is 16.0 Å². The van der Waals surface area contributed by atoms with Gasteiger partial charge in [-0.05, 0) is 50.0 Å². The number of allylic oxidation sites excluding steroid dienone is 1. The Balaban J connectivity index is 1.68. The number of aryl methyl sites for hydroxylation is 1. The van der Waals surface area contributed by atoms with Crippen LogP contribution < -0.4 is 4.74 Å². The normalized spacial score (nSPS) is 24.2. The number of methoxy groups -OCH3 is 1. The third-order valence-electron chi connectivity index (χ3n) is 6.20. The maximum atomic E-state index is 11.4. The summed E-state index contributed by atoms with van der Waals surface area (Å²) < 4.78 is 11.1. The fraction of sp³-hybridized carbons (Fsp3) is 0.560. The van der Waals surface area contributed by atoms with Gasteiger partial charge in [-0.25, -0.2) is 0 Å². The highest BCUT2D eigenvalue weighted by Gasteiger charge is 2.44. The van der Waals surface area contributed by atoms with Crippen molar-refractivity contribution in [3.63, 3.8) is 0 Å². The van der Waals surface area contributed by atoms with Crippen LogP contribution in [0.5, 0.6) is 5.75 Å². The molecule has 0 spiro atoms. The van der Waals surface area contributed by atoms with Gasteiger partial charge >= 0.3 is 5.97 Å². The Morgan fingerprint density at radius 2 is 2.24 bits per heavy atom. The quantitative estimate of drug-likeness (QED) is 0.402. The summed E-state index contributed by atoms with van der Waals surface area (Å²) in [6.07, 6.45) is 8.69. The van der Waals surface area contributed by atoms with Crippen LogP contribution in [0.3, 0.4) is 0 Å². The molecular formula is C25H32O4. The molecule has 4 nitrogen and oxygen atoms in total. The second-order valence-electron chi connectivity index (χ2n) is 8.17. The molecule has 29 heavy (non-hydrogen) atoms. The van der Waals surface area contributed by atoms with E-state index in [1.54, 1.807) is 0 Å². The van der Waals surface area contributed by atoms with Gasteiger partial charge in [-0.2, -0.15) is 0 Å². The summed E-state index contributed by atoms with van der Waals surface area (Å²) in [5.74, 6) is 7.64. The molecule has 1 saturated carbocycles. The number of fused-ring (bicyclic) bond motifs is 3. The third-order valence-corrected chi connectivity index (χ3v) is 6.20. The summed E-state index contributed by atoms with van der Waals surface area (Å²) in [5, 5.41) is 10.4. The maximum absolute atomic E-state index is 11.4. The molecule has 5 atom stereocenters. The number of esters is 1. The highest BCUT2D eigenvalue weighted by atomic mass is 16.5. The first-order valence-corrected chi connectivity index (χ1v) is 10.7. The molecule has 0 unspecified atom stereocenters. The Hall–Kier alpha value is -2.25. The van der Waals surface area contributed by atoms with E-state index in [1.807, 2.05) is 19.9 Å². The van der Waals surface area contributed by atoms with E-state index in [2.05, 4.69) is 36.1 Å². The first-order valence-electron chi connectivity index (χ1n) is 10.7. The van der Waals surface area contributed by atoms with Crippen molar-refractivity contribution in [2.45, 2.75) is 70.5 Å². The van der Waals surface area contributed by atoms with Gasteiger partial charge in [0, 0.05) is 24.3 Å². The largest absolute Gasteiger partial charge is 0.489 e. The first kappa shape index (κ1) is 21.5. The molecule has 0 radical (unpaired) electrons. The highest BCUT2D eigenvalue weighted by molar-refractivity contribution is 5.69. The Kier molecular flexibility index (Phi) is 7.39. The predicted molar refractivity (Wildman–Crippen MR) is 114 cm³/mol. The van der Waals surface area contributed by atoms with Gasteiger partial charge in [0.25, 0.3) is 0 Å². The summed E-state index contributed by atoms with van der Waals surface area (Å²) in [7, 11) is 1.43. The van der Waals surface area contributed by atoms with Gasteiger partial charge < -0.3 is 14.6 Å². The number of hydrogen-bond acceptors (Lipinski definition) is 4. The van der Waals surface area contributed by atoms with Gasteiger partial charge in [-0.15, -0.1) is 11.8 Å². The molecule has 1 N–H and O–H groups in total. The minimum absolute atomic E-state index is 0.129. The number of hydrogen-bond donors (Lipinski definition) is 1. The lowest BCUT2D eigenvalue weighted by atomic mass is 9.86. The lowest BCUT2D eigenvalue weighted by molar-refractivity contribution is -0.140. The molecule has 1 fully saturated rings. The van der Waals surface area contributed by atoms with E-state index in [0.717, 1.165) is 31.4 Å². The number of carbonyl (C=O) groups excluding carboxylic acids is 1. The maximum Gasteiger partial charge on any atom is 0.305 e. The van der Waals surface area contributed by atoms with E-state index in [0.29, 0.717) is 24.7 Å². The average Bonchev–Trinajstić information content (AvgIpc) is 3.30. The van der Waals surface area contributed by atoms with Crippen LogP contribution in [0.25, 0.3) is 0 Å². The number of aliphatic hydroxyl groups is 1. The molecule has 0 aromatic heterocycles. The molecule has 1 aromatic carbocycles. The molecule has 1 heterocycles. The SMILES string of the molecule is CC#CC[C@H](C)[C@H](O)/C=C/[C@H]1CC[C@@H]2Oc3c(CCCC(=O)OC)cccc3[C@@H]21. The number of ether oxygens (including phenoxy) is 2. The fourth-order valence-corrected chi connectivity index (χ4v) is 4.49. The molecule has 0 bridgehead atoms. The van der Waals surface area contributed by atoms with Crippen LogP contribution in [0, 0.1) is 23.7 Å². The molecule has 156 valence electrons. The van der Waals surface area contributed by atoms with Crippen molar-refractivity contribution in [3.8, 4) is 17.6 Å². The Morgan fingerprint density at radius 1 is 1.41 bits per heavy atom. The van der Waals surface area contributed by atoms with Crippen LogP contribution in [0.4, 0.5) is 0 Å². The predicted octanol–water partition coefficient (Wildman–Crippen LogP) is 4.40. The number of carbonyl (C=O) groups is 1. The summed E-state index contributed by atoms with van der Waals surface area (Å²) in [4.78, 5) is 11.4. The summed E-state index contributed by atoms with van der Waals surface area (Å²) in [5.41, 5.74) is 2.45. The molecule has 1 aliphatic carbocycles. The molecule has 0 saturated heterocycles. The topological polar surface area (TPSA) is 55.8 Å². The van der Waals surface area contributed by atoms with E-state index < -0.39 is 6.10 Å². The van der Waals surface area contributed by atoms with Crippen LogP contribution in [0.15, 0.2) is 30.4 Å². The van der Waals surface area contributed by atoms with E-state index in [9.17, 15) is 9.90 Å². The second kappa shape index (κ2) is 9.98. The molecule has 1 aliphatic heterocycles. The fourth-order valence-electron chi connectivity index (χ4n) is 4.49. The van der Waals surface area contributed by atoms with Crippen molar-refractivity contribution in [1.29, 1.82) is 0 Å². The van der Waals surface area contributed by atoms with Gasteiger partial charge in [0.1, 0.15) is 11.9 Å². The number of rotatable bonds is 8. The van der Waals surface area contributed by atoms with Crippen LogP contribution in [-0.4, -0.2) is 30.4 Å². The van der Waals surface area contributed by atoms with Gasteiger partial charge in [0.2, 0.25) is 0 Å². The summed E-state index contributed by atoms with van der Waals surface area (Å²) >= 11 is 0. The van der Waals surface area contributed by atoms with E-state index in [1.165, 1.54) is 18.2 Å². The van der Waals surface area contributed by atoms with Crippen LogP contribution in [0.2, 0.25) is 0 Å². The molecule has 0 amide bonds. The lowest BCUT2D eigenvalue weighted by Crippen LogP contribution is -2.17. The smallest absolute Gasteiger partial charge is 0.305 e. The number of para-hydroxylation sites is 1. The molecule has 3 rings (SSSR count). The van der Waals surface area contributed by atoms with Crippen molar-refractivity contribution in [2.24, 2.45) is 11.8 Å². The molecular weight excluding hydrogens is 364 g/mol. The van der Waals surface area contributed by atoms with E-state index in [4.69, 9.17) is 9.47 Å². The van der Waals surface area contributed by atoms with Crippen molar-refractivity contribution in [2.75, 3.05) is 7.11 Å². The number of aliphatic hydroxyl groups excluding tert-OH is 1. The van der Waals surface area contributed by atoms with Gasteiger partial charge in [-0.3, -0.25) is 4.79 Å². The third kappa shape index (κ3) is 5.03. The summed E-state index contributed by atoms with van der Waals surface area (Å²) in [6.45, 7) is 3.86. The van der Waals surface area contributed by atoms with Gasteiger partial charge in [-0.1, -0.05) is 37.3 Å². The van der Waals surface area contributed by atoms with Gasteiger partial charge in [0.15, 0.2) is 0 Å². The molecule has 4 heteroatoms. The van der Waals surface area contributed by atoms with E-state index in [-0.39, 0.29) is 18.0 Å². The zero-order chi connectivity index (χ0) is 20.8. The van der Waals surface area contributed by atoms with Crippen molar-refractivity contribution in [1.82, 2.24) is 0 Å². The Bertz CT molecular complexity index is 801. The minimum atomic E-state index is -0.471. The standard InChI is InChI=1S/C25H32O4/c1-4-5-8-17(2)21(26)15-13-18-14-16-22-24(18)20-11-6-9-19(25(20)29-22)10-7-12-23(27)28-3/h6,9,11,13,15,17-18,21-22,24,26H,7-8,10,12,14,16H2,1-3H3/b15-13+/t17-,18-,21+,22-,24-/m0/s1. The van der Waals surface area contributed by atoms with Crippen molar-refractivity contribution < 1.29 is 19.4 Å². The Morgan fingerprint density at radius 3 is 3.00 bits per heavy atom. The van der Waals surface area contributed by atoms with E-state index >= 15 is 0 Å². The minimum Gasteiger partial charge on any atom is -0.489 e. The van der Waals surface area contributed by atoms with Gasteiger partial charge in [0.05, 0.1) is 13.2 Å². The van der Waals surface area contributed by atoms with Crippen molar-refractivity contribution >= 4 is 5.97 Å². The second-order valence-corrected chi connectivity index (χ2v) is 8.17.